The Bertz CT molecular complexity index is 576. The van der Waals surface area contributed by atoms with E-state index >= 15 is 0 Å². The Balaban J connectivity index is 1.85. The molecule has 1 aliphatic rings. The Morgan fingerprint density at radius 1 is 1.30 bits per heavy atom. The lowest BCUT2D eigenvalue weighted by molar-refractivity contribution is 0.115. The molecule has 106 valence electrons. The van der Waals surface area contributed by atoms with Crippen LogP contribution in [0.2, 0.25) is 0 Å². The number of aromatic nitrogens is 1. The summed E-state index contributed by atoms with van der Waals surface area (Å²) >= 11 is 0. The fourth-order valence-corrected chi connectivity index (χ4v) is 3.28. The average molecular weight is 269 g/mol. The van der Waals surface area contributed by atoms with Crippen molar-refractivity contribution in [3.63, 3.8) is 0 Å². The van der Waals surface area contributed by atoms with E-state index in [0.717, 1.165) is 25.6 Å². The van der Waals surface area contributed by atoms with Crippen LogP contribution in [0.25, 0.3) is 10.8 Å². The fraction of sp³-hybridized carbons (Fsp3) is 0.471. The van der Waals surface area contributed by atoms with Crippen molar-refractivity contribution < 1.29 is 0 Å². The van der Waals surface area contributed by atoms with Crippen LogP contribution in [0.5, 0.6) is 0 Å². The predicted molar refractivity (Wildman–Crippen MR) is 83.4 cm³/mol. The van der Waals surface area contributed by atoms with Crippen LogP contribution in [0, 0.1) is 5.92 Å². The Morgan fingerprint density at radius 3 is 3.00 bits per heavy atom. The molecule has 1 aliphatic heterocycles. The van der Waals surface area contributed by atoms with Crippen LogP contribution in [0.4, 0.5) is 0 Å². The van der Waals surface area contributed by atoms with Crippen molar-refractivity contribution in [2.45, 2.75) is 32.4 Å². The van der Waals surface area contributed by atoms with E-state index in [2.05, 4.69) is 41.1 Å². The molecule has 3 nitrogen and oxygen atoms in total. The summed E-state index contributed by atoms with van der Waals surface area (Å²) in [6.07, 6.45) is 6.44. The second-order valence-electron chi connectivity index (χ2n) is 6.01. The molecule has 1 aromatic carbocycles. The summed E-state index contributed by atoms with van der Waals surface area (Å²) in [5.41, 5.74) is 7.28. The first-order valence-electron chi connectivity index (χ1n) is 7.53. The lowest BCUT2D eigenvalue weighted by Crippen LogP contribution is -2.45. The van der Waals surface area contributed by atoms with Crippen LogP contribution in [0.15, 0.2) is 36.7 Å². The van der Waals surface area contributed by atoms with Gasteiger partial charge in [0.25, 0.3) is 0 Å². The Morgan fingerprint density at radius 2 is 2.15 bits per heavy atom. The van der Waals surface area contributed by atoms with Gasteiger partial charge in [-0.3, -0.25) is 9.88 Å². The highest BCUT2D eigenvalue weighted by Gasteiger charge is 2.25. The molecule has 2 heterocycles. The van der Waals surface area contributed by atoms with Crippen molar-refractivity contribution in [3.8, 4) is 0 Å². The molecule has 2 aromatic rings. The minimum Gasteiger partial charge on any atom is -0.329 e. The number of nitrogens with zero attached hydrogens (tertiary/aromatic N) is 2. The third-order valence-corrected chi connectivity index (χ3v) is 4.50. The zero-order valence-electron chi connectivity index (χ0n) is 12.1. The van der Waals surface area contributed by atoms with E-state index in [4.69, 9.17) is 5.73 Å². The maximum atomic E-state index is 5.96. The Hall–Kier alpha value is -1.45. The third-order valence-electron chi connectivity index (χ3n) is 4.50. The zero-order valence-corrected chi connectivity index (χ0v) is 12.1. The van der Waals surface area contributed by atoms with Gasteiger partial charge in [0.05, 0.1) is 0 Å². The monoisotopic (exact) mass is 269 g/mol. The number of rotatable bonds is 3. The summed E-state index contributed by atoms with van der Waals surface area (Å²) in [6.45, 7) is 5.19. The van der Waals surface area contributed by atoms with Gasteiger partial charge in [-0.05, 0) is 36.3 Å². The van der Waals surface area contributed by atoms with Crippen LogP contribution in [-0.2, 0) is 6.54 Å². The molecule has 1 fully saturated rings. The molecule has 0 radical (unpaired) electrons. The van der Waals surface area contributed by atoms with Crippen molar-refractivity contribution in [2.24, 2.45) is 11.7 Å². The predicted octanol–water partition coefficient (Wildman–Crippen LogP) is 2.79. The standard InChI is InChI=1S/C17H23N3/c1-13-6-7-20(16(8-13)9-18)12-15-11-19-10-14-4-2-3-5-17(14)15/h2-5,10-11,13,16H,6-9,12,18H2,1H3. The number of fused-ring (bicyclic) bond motifs is 1. The summed E-state index contributed by atoms with van der Waals surface area (Å²) in [5, 5.41) is 2.54. The average Bonchev–Trinajstić information content (AvgIpc) is 2.49. The second kappa shape index (κ2) is 5.90. The van der Waals surface area contributed by atoms with Crippen LogP contribution in [-0.4, -0.2) is 29.0 Å². The van der Waals surface area contributed by atoms with Gasteiger partial charge in [-0.2, -0.15) is 0 Å². The molecule has 0 saturated carbocycles. The maximum Gasteiger partial charge on any atom is 0.0346 e. The van der Waals surface area contributed by atoms with Gasteiger partial charge < -0.3 is 5.73 Å². The number of likely N-dealkylation sites (tertiary alicyclic amines) is 1. The van der Waals surface area contributed by atoms with E-state index in [1.165, 1.54) is 29.2 Å². The smallest absolute Gasteiger partial charge is 0.0346 e. The van der Waals surface area contributed by atoms with Crippen molar-refractivity contribution in [3.05, 3.63) is 42.2 Å². The molecule has 3 heteroatoms. The van der Waals surface area contributed by atoms with Gasteiger partial charge in [0.1, 0.15) is 0 Å². The van der Waals surface area contributed by atoms with Crippen molar-refractivity contribution in [1.82, 2.24) is 9.88 Å². The van der Waals surface area contributed by atoms with Gasteiger partial charge in [-0.25, -0.2) is 0 Å². The van der Waals surface area contributed by atoms with Gasteiger partial charge in [-0.1, -0.05) is 31.2 Å². The molecule has 20 heavy (non-hydrogen) atoms. The van der Waals surface area contributed by atoms with E-state index in [0.29, 0.717) is 6.04 Å². The topological polar surface area (TPSA) is 42.2 Å². The van der Waals surface area contributed by atoms with Gasteiger partial charge >= 0.3 is 0 Å². The molecular weight excluding hydrogens is 246 g/mol. The van der Waals surface area contributed by atoms with E-state index in [-0.39, 0.29) is 0 Å². The minimum atomic E-state index is 0.512. The third kappa shape index (κ3) is 2.69. The lowest BCUT2D eigenvalue weighted by atomic mass is 9.92. The molecule has 2 N–H and O–H groups in total. The first kappa shape index (κ1) is 13.5. The number of benzene rings is 1. The molecule has 3 rings (SSSR count). The van der Waals surface area contributed by atoms with E-state index in [1.807, 2.05) is 12.4 Å². The zero-order chi connectivity index (χ0) is 13.9. The minimum absolute atomic E-state index is 0.512. The van der Waals surface area contributed by atoms with Crippen LogP contribution >= 0.6 is 0 Å². The van der Waals surface area contributed by atoms with Gasteiger partial charge in [0, 0.05) is 36.9 Å². The van der Waals surface area contributed by atoms with Crippen molar-refractivity contribution in [2.75, 3.05) is 13.1 Å². The molecule has 0 aliphatic carbocycles. The molecule has 0 amide bonds. The molecule has 0 bridgehead atoms. The first-order valence-corrected chi connectivity index (χ1v) is 7.53. The molecule has 2 unspecified atom stereocenters. The van der Waals surface area contributed by atoms with E-state index < -0.39 is 0 Å². The highest BCUT2D eigenvalue weighted by atomic mass is 15.2. The Labute approximate surface area is 120 Å². The summed E-state index contributed by atoms with van der Waals surface area (Å²) < 4.78 is 0. The number of hydrogen-bond donors (Lipinski definition) is 1. The molecule has 0 spiro atoms. The van der Waals surface area contributed by atoms with Gasteiger partial charge in [0.15, 0.2) is 0 Å². The fourth-order valence-electron chi connectivity index (χ4n) is 3.28. The van der Waals surface area contributed by atoms with Crippen LogP contribution < -0.4 is 5.73 Å². The van der Waals surface area contributed by atoms with Crippen molar-refractivity contribution in [1.29, 1.82) is 0 Å². The number of pyridine rings is 1. The van der Waals surface area contributed by atoms with Gasteiger partial charge in [0.2, 0.25) is 0 Å². The Kier molecular flexibility index (Phi) is 3.99. The second-order valence-corrected chi connectivity index (χ2v) is 6.01. The van der Waals surface area contributed by atoms with Crippen LogP contribution in [0.1, 0.15) is 25.3 Å². The molecular formula is C17H23N3. The first-order chi connectivity index (χ1) is 9.78. The quantitative estimate of drug-likeness (QED) is 0.931. The summed E-state index contributed by atoms with van der Waals surface area (Å²) in [7, 11) is 0. The van der Waals surface area contributed by atoms with E-state index in [9.17, 15) is 0 Å². The summed E-state index contributed by atoms with van der Waals surface area (Å²) in [4.78, 5) is 6.92. The highest BCUT2D eigenvalue weighted by molar-refractivity contribution is 5.84. The molecule has 2 atom stereocenters. The normalized spacial score (nSPS) is 24.1. The largest absolute Gasteiger partial charge is 0.329 e. The number of piperidine rings is 1. The molecule has 1 saturated heterocycles. The van der Waals surface area contributed by atoms with Crippen LogP contribution in [0.3, 0.4) is 0 Å². The lowest BCUT2D eigenvalue weighted by Gasteiger charge is -2.38. The SMILES string of the molecule is CC1CCN(Cc2cncc3ccccc23)C(CN)C1. The maximum absolute atomic E-state index is 5.96. The van der Waals surface area contributed by atoms with Crippen molar-refractivity contribution >= 4 is 10.8 Å². The van der Waals surface area contributed by atoms with E-state index in [1.54, 1.807) is 0 Å². The number of hydrogen-bond acceptors (Lipinski definition) is 3. The molecule has 1 aromatic heterocycles. The summed E-state index contributed by atoms with van der Waals surface area (Å²) in [5.74, 6) is 0.797. The van der Waals surface area contributed by atoms with Gasteiger partial charge in [-0.15, -0.1) is 0 Å². The number of nitrogens with two attached hydrogens (primary N) is 1. The highest BCUT2D eigenvalue weighted by Crippen LogP contribution is 2.25. The summed E-state index contributed by atoms with van der Waals surface area (Å²) in [6, 6.07) is 9.00.